The summed E-state index contributed by atoms with van der Waals surface area (Å²) in [6, 6.07) is 11.4. The van der Waals surface area contributed by atoms with Gasteiger partial charge in [-0.05, 0) is 60.9 Å². The van der Waals surface area contributed by atoms with Crippen molar-refractivity contribution in [2.45, 2.75) is 20.5 Å². The second-order valence-electron chi connectivity index (χ2n) is 5.28. The van der Waals surface area contributed by atoms with Gasteiger partial charge in [0.05, 0.1) is 7.11 Å². The van der Waals surface area contributed by atoms with Gasteiger partial charge in [0.25, 0.3) is 0 Å². The lowest BCUT2D eigenvalue weighted by atomic mass is 10.1. The van der Waals surface area contributed by atoms with Crippen LogP contribution in [0.2, 0.25) is 0 Å². The van der Waals surface area contributed by atoms with Crippen LogP contribution in [0.3, 0.4) is 0 Å². The van der Waals surface area contributed by atoms with E-state index in [2.05, 4.69) is 6.92 Å². The van der Waals surface area contributed by atoms with Gasteiger partial charge in [0.1, 0.15) is 18.1 Å². The third-order valence-electron chi connectivity index (χ3n) is 3.60. The molecule has 0 bridgehead atoms. The minimum absolute atomic E-state index is 0.348. The topological polar surface area (TPSA) is 55.8 Å². The van der Waals surface area contributed by atoms with Crippen LogP contribution in [0.25, 0.3) is 6.08 Å². The number of rotatable bonds is 6. The zero-order chi connectivity index (χ0) is 16.8. The Balaban J connectivity index is 2.18. The van der Waals surface area contributed by atoms with Crippen LogP contribution in [-0.2, 0) is 11.4 Å². The molecule has 0 spiro atoms. The minimum Gasteiger partial charge on any atom is -0.496 e. The molecular formula is C19H20O4. The lowest BCUT2D eigenvalue weighted by Crippen LogP contribution is -2.00. The molecule has 0 unspecified atom stereocenters. The van der Waals surface area contributed by atoms with Crippen molar-refractivity contribution in [2.75, 3.05) is 7.11 Å². The van der Waals surface area contributed by atoms with E-state index in [1.807, 2.05) is 31.2 Å². The SMILES string of the molecule is COc1ccc(C=CC(=O)O)cc1COc1ccc(C)c(C)c1. The summed E-state index contributed by atoms with van der Waals surface area (Å²) in [7, 11) is 1.60. The molecule has 0 aliphatic rings. The number of carboxylic acid groups (broad SMARTS) is 1. The molecule has 2 aromatic rings. The summed E-state index contributed by atoms with van der Waals surface area (Å²) < 4.78 is 11.2. The van der Waals surface area contributed by atoms with Gasteiger partial charge in [-0.3, -0.25) is 0 Å². The summed E-state index contributed by atoms with van der Waals surface area (Å²) in [5.74, 6) is 0.525. The molecule has 0 atom stereocenters. The van der Waals surface area contributed by atoms with E-state index in [0.717, 1.165) is 23.0 Å². The molecule has 0 radical (unpaired) electrons. The van der Waals surface area contributed by atoms with E-state index in [1.54, 1.807) is 25.3 Å². The molecule has 1 N–H and O–H groups in total. The first kappa shape index (κ1) is 16.6. The van der Waals surface area contributed by atoms with Crippen molar-refractivity contribution in [2.24, 2.45) is 0 Å². The van der Waals surface area contributed by atoms with Crippen molar-refractivity contribution in [3.63, 3.8) is 0 Å². The highest BCUT2D eigenvalue weighted by molar-refractivity contribution is 5.85. The molecule has 4 nitrogen and oxygen atoms in total. The van der Waals surface area contributed by atoms with Crippen LogP contribution < -0.4 is 9.47 Å². The maximum absolute atomic E-state index is 10.6. The molecule has 23 heavy (non-hydrogen) atoms. The molecule has 0 fully saturated rings. The van der Waals surface area contributed by atoms with Crippen molar-refractivity contribution < 1.29 is 19.4 Å². The van der Waals surface area contributed by atoms with Crippen molar-refractivity contribution in [3.05, 3.63) is 64.7 Å². The number of carbonyl (C=O) groups is 1. The molecule has 0 saturated heterocycles. The fraction of sp³-hybridized carbons (Fsp3) is 0.211. The summed E-state index contributed by atoms with van der Waals surface area (Å²) >= 11 is 0. The largest absolute Gasteiger partial charge is 0.496 e. The van der Waals surface area contributed by atoms with E-state index in [0.29, 0.717) is 12.4 Å². The van der Waals surface area contributed by atoms with Gasteiger partial charge < -0.3 is 14.6 Å². The van der Waals surface area contributed by atoms with Gasteiger partial charge in [0.15, 0.2) is 0 Å². The smallest absolute Gasteiger partial charge is 0.328 e. The second kappa shape index (κ2) is 7.49. The summed E-state index contributed by atoms with van der Waals surface area (Å²) in [4.78, 5) is 10.6. The van der Waals surface area contributed by atoms with Crippen molar-refractivity contribution >= 4 is 12.0 Å². The normalized spacial score (nSPS) is 10.7. The van der Waals surface area contributed by atoms with Crippen LogP contribution in [0, 0.1) is 13.8 Å². The zero-order valence-electron chi connectivity index (χ0n) is 13.5. The van der Waals surface area contributed by atoms with E-state index in [1.165, 1.54) is 11.1 Å². The number of aryl methyl sites for hydroxylation is 2. The number of ether oxygens (including phenoxy) is 2. The summed E-state index contributed by atoms with van der Waals surface area (Å²) in [6.45, 7) is 4.45. The van der Waals surface area contributed by atoms with Crippen LogP contribution in [0.5, 0.6) is 11.5 Å². The van der Waals surface area contributed by atoms with Gasteiger partial charge in [-0.15, -0.1) is 0 Å². The van der Waals surface area contributed by atoms with Crippen molar-refractivity contribution in [3.8, 4) is 11.5 Å². The second-order valence-corrected chi connectivity index (χ2v) is 5.28. The van der Waals surface area contributed by atoms with E-state index in [4.69, 9.17) is 14.6 Å². The molecule has 0 aliphatic carbocycles. The molecule has 0 saturated carbocycles. The average molecular weight is 312 g/mol. The van der Waals surface area contributed by atoms with Crippen LogP contribution in [-0.4, -0.2) is 18.2 Å². The van der Waals surface area contributed by atoms with Crippen LogP contribution in [0.4, 0.5) is 0 Å². The zero-order valence-corrected chi connectivity index (χ0v) is 13.5. The first-order valence-electron chi connectivity index (χ1n) is 7.27. The van der Waals surface area contributed by atoms with Gasteiger partial charge in [-0.25, -0.2) is 4.79 Å². The molecular weight excluding hydrogens is 292 g/mol. The Morgan fingerprint density at radius 2 is 1.91 bits per heavy atom. The Morgan fingerprint density at radius 3 is 2.57 bits per heavy atom. The predicted molar refractivity (Wildman–Crippen MR) is 89.9 cm³/mol. The minimum atomic E-state index is -0.978. The fourth-order valence-electron chi connectivity index (χ4n) is 2.15. The number of benzene rings is 2. The average Bonchev–Trinajstić information content (AvgIpc) is 2.54. The van der Waals surface area contributed by atoms with Gasteiger partial charge in [0, 0.05) is 11.6 Å². The Hall–Kier alpha value is -2.75. The summed E-state index contributed by atoms with van der Waals surface area (Å²) in [6.07, 6.45) is 2.65. The molecule has 0 heterocycles. The van der Waals surface area contributed by atoms with E-state index in [9.17, 15) is 4.79 Å². The Kier molecular flexibility index (Phi) is 5.41. The molecule has 4 heteroatoms. The number of aliphatic carboxylic acids is 1. The van der Waals surface area contributed by atoms with E-state index in [-0.39, 0.29) is 0 Å². The van der Waals surface area contributed by atoms with Crippen LogP contribution >= 0.6 is 0 Å². The lowest BCUT2D eigenvalue weighted by molar-refractivity contribution is -0.131. The summed E-state index contributed by atoms with van der Waals surface area (Å²) in [5, 5.41) is 8.71. The molecule has 120 valence electrons. The van der Waals surface area contributed by atoms with Gasteiger partial charge in [-0.2, -0.15) is 0 Å². The number of hydrogen-bond acceptors (Lipinski definition) is 3. The highest BCUT2D eigenvalue weighted by atomic mass is 16.5. The predicted octanol–water partition coefficient (Wildman–Crippen LogP) is 3.99. The Bertz CT molecular complexity index is 732. The van der Waals surface area contributed by atoms with Gasteiger partial charge in [-0.1, -0.05) is 12.1 Å². The third kappa shape index (κ3) is 4.61. The van der Waals surface area contributed by atoms with Crippen LogP contribution in [0.15, 0.2) is 42.5 Å². The van der Waals surface area contributed by atoms with Crippen molar-refractivity contribution in [1.82, 2.24) is 0 Å². The molecule has 0 aromatic heterocycles. The molecule has 0 amide bonds. The lowest BCUT2D eigenvalue weighted by Gasteiger charge is -2.12. The maximum atomic E-state index is 10.6. The first-order valence-corrected chi connectivity index (χ1v) is 7.27. The Morgan fingerprint density at radius 1 is 1.13 bits per heavy atom. The molecule has 2 aromatic carbocycles. The monoisotopic (exact) mass is 312 g/mol. The molecule has 2 rings (SSSR count). The quantitative estimate of drug-likeness (QED) is 0.819. The highest BCUT2D eigenvalue weighted by Gasteiger charge is 2.06. The third-order valence-corrected chi connectivity index (χ3v) is 3.60. The Labute approximate surface area is 136 Å². The highest BCUT2D eigenvalue weighted by Crippen LogP contribution is 2.24. The first-order chi connectivity index (χ1) is 11.0. The number of methoxy groups -OCH3 is 1. The number of hydrogen-bond donors (Lipinski definition) is 1. The molecule has 0 aliphatic heterocycles. The maximum Gasteiger partial charge on any atom is 0.328 e. The standard InChI is InChI=1S/C19H20O4/c1-13-4-7-17(10-14(13)2)23-12-16-11-15(6-9-19(20)21)5-8-18(16)22-3/h4-11H,12H2,1-3H3,(H,20,21). The number of carboxylic acids is 1. The van der Waals surface area contributed by atoms with Gasteiger partial charge >= 0.3 is 5.97 Å². The van der Waals surface area contributed by atoms with Gasteiger partial charge in [0.2, 0.25) is 0 Å². The van der Waals surface area contributed by atoms with Crippen molar-refractivity contribution in [1.29, 1.82) is 0 Å². The van der Waals surface area contributed by atoms with E-state index >= 15 is 0 Å². The van der Waals surface area contributed by atoms with Crippen LogP contribution in [0.1, 0.15) is 22.3 Å². The summed E-state index contributed by atoms with van der Waals surface area (Å²) in [5.41, 5.74) is 4.04. The van der Waals surface area contributed by atoms with E-state index < -0.39 is 5.97 Å². The fourth-order valence-corrected chi connectivity index (χ4v) is 2.15.